The summed E-state index contributed by atoms with van der Waals surface area (Å²) >= 11 is 1.38. The fraction of sp³-hybridized carbons (Fsp3) is 0.250. The van der Waals surface area contributed by atoms with Gasteiger partial charge in [0.05, 0.1) is 5.25 Å². The quantitative estimate of drug-likeness (QED) is 0.676. The molecule has 1 heterocycles. The van der Waals surface area contributed by atoms with E-state index in [-0.39, 0.29) is 23.0 Å². The second-order valence-electron chi connectivity index (χ2n) is 6.33. The molecule has 1 atom stereocenters. The lowest BCUT2D eigenvalue weighted by atomic mass is 10.1. The zero-order valence-electron chi connectivity index (χ0n) is 14.9. The van der Waals surface area contributed by atoms with Gasteiger partial charge in [0.1, 0.15) is 16.5 Å². The van der Waals surface area contributed by atoms with Crippen molar-refractivity contribution in [2.75, 3.05) is 0 Å². The third-order valence-corrected chi connectivity index (χ3v) is 4.95. The summed E-state index contributed by atoms with van der Waals surface area (Å²) in [6.45, 7) is 5.72. The number of carbonyl (C=O) groups excluding carboxylic acids is 1. The Bertz CT molecular complexity index is 928. The number of benzene rings is 2. The minimum Gasteiger partial charge on any atom is -0.353 e. The fourth-order valence-electron chi connectivity index (χ4n) is 2.61. The Morgan fingerprint density at radius 3 is 2.31 bits per heavy atom. The van der Waals surface area contributed by atoms with E-state index in [1.54, 1.807) is 12.1 Å². The van der Waals surface area contributed by atoms with Crippen molar-refractivity contribution < 1.29 is 9.18 Å². The topological polar surface area (TPSA) is 54.9 Å². The molecule has 0 aliphatic carbocycles. The maximum Gasteiger partial charge on any atom is 0.233 e. The summed E-state index contributed by atoms with van der Waals surface area (Å²) in [5, 5.41) is 13.9. The van der Waals surface area contributed by atoms with Gasteiger partial charge in [-0.1, -0.05) is 36.0 Å². The number of nitrogens with one attached hydrogen (secondary N) is 1. The third kappa shape index (κ3) is 4.02. The standard InChI is InChI=1S/C20H20FN3OS/c1-12(2)22-19(25)13(3)26-20-17-7-5-4-6-16(17)18(23-24-20)14-8-10-15(21)11-9-14/h4-13H,1-3H3,(H,22,25). The second-order valence-corrected chi connectivity index (χ2v) is 7.66. The lowest BCUT2D eigenvalue weighted by molar-refractivity contribution is -0.120. The molecule has 134 valence electrons. The minimum absolute atomic E-state index is 0.0292. The van der Waals surface area contributed by atoms with Gasteiger partial charge in [0, 0.05) is 22.4 Å². The molecule has 0 saturated heterocycles. The fourth-order valence-corrected chi connectivity index (χ4v) is 3.51. The number of aromatic nitrogens is 2. The number of hydrogen-bond donors (Lipinski definition) is 1. The Morgan fingerprint density at radius 2 is 1.65 bits per heavy atom. The molecule has 6 heteroatoms. The molecule has 26 heavy (non-hydrogen) atoms. The van der Waals surface area contributed by atoms with Crippen LogP contribution in [0.4, 0.5) is 4.39 Å². The number of hydrogen-bond acceptors (Lipinski definition) is 4. The van der Waals surface area contributed by atoms with Gasteiger partial charge in [-0.2, -0.15) is 0 Å². The molecular weight excluding hydrogens is 349 g/mol. The molecular formula is C20H20FN3OS. The minimum atomic E-state index is -0.289. The summed E-state index contributed by atoms with van der Waals surface area (Å²) in [5.74, 6) is -0.318. The van der Waals surface area contributed by atoms with E-state index in [9.17, 15) is 9.18 Å². The van der Waals surface area contributed by atoms with E-state index in [1.807, 2.05) is 45.0 Å². The predicted octanol–water partition coefficient (Wildman–Crippen LogP) is 4.44. The van der Waals surface area contributed by atoms with Crippen LogP contribution in [0, 0.1) is 5.82 Å². The van der Waals surface area contributed by atoms with Crippen molar-refractivity contribution in [3.05, 3.63) is 54.3 Å². The maximum absolute atomic E-state index is 13.2. The van der Waals surface area contributed by atoms with Crippen molar-refractivity contribution in [2.24, 2.45) is 0 Å². The third-order valence-electron chi connectivity index (χ3n) is 3.86. The van der Waals surface area contributed by atoms with Gasteiger partial charge in [-0.3, -0.25) is 4.79 Å². The van der Waals surface area contributed by atoms with Crippen molar-refractivity contribution >= 4 is 28.4 Å². The van der Waals surface area contributed by atoms with Crippen molar-refractivity contribution in [2.45, 2.75) is 37.1 Å². The summed E-state index contributed by atoms with van der Waals surface area (Å²) < 4.78 is 13.2. The first-order valence-corrected chi connectivity index (χ1v) is 9.32. The molecule has 0 saturated carbocycles. The van der Waals surface area contributed by atoms with E-state index < -0.39 is 0 Å². The first-order valence-electron chi connectivity index (χ1n) is 8.44. The highest BCUT2D eigenvalue weighted by atomic mass is 32.2. The van der Waals surface area contributed by atoms with E-state index >= 15 is 0 Å². The highest BCUT2D eigenvalue weighted by molar-refractivity contribution is 8.00. The average molecular weight is 369 g/mol. The number of carbonyl (C=O) groups is 1. The molecule has 0 spiro atoms. The van der Waals surface area contributed by atoms with E-state index in [0.717, 1.165) is 16.3 Å². The lowest BCUT2D eigenvalue weighted by Gasteiger charge is -2.15. The Hall–Kier alpha value is -2.47. The van der Waals surface area contributed by atoms with Crippen LogP contribution in [0.1, 0.15) is 20.8 Å². The van der Waals surface area contributed by atoms with Crippen LogP contribution in [0.15, 0.2) is 53.6 Å². The van der Waals surface area contributed by atoms with E-state index in [0.29, 0.717) is 10.7 Å². The Morgan fingerprint density at radius 1 is 1.00 bits per heavy atom. The average Bonchev–Trinajstić information content (AvgIpc) is 2.62. The molecule has 1 unspecified atom stereocenters. The highest BCUT2D eigenvalue weighted by Gasteiger charge is 2.19. The molecule has 0 fully saturated rings. The van der Waals surface area contributed by atoms with Crippen LogP contribution in [-0.4, -0.2) is 27.4 Å². The Balaban J connectivity index is 1.98. The number of halogens is 1. The van der Waals surface area contributed by atoms with Crippen LogP contribution in [0.5, 0.6) is 0 Å². The lowest BCUT2D eigenvalue weighted by Crippen LogP contribution is -2.35. The van der Waals surface area contributed by atoms with Gasteiger partial charge in [0.2, 0.25) is 5.91 Å². The smallest absolute Gasteiger partial charge is 0.233 e. The van der Waals surface area contributed by atoms with Crippen molar-refractivity contribution in [1.82, 2.24) is 15.5 Å². The van der Waals surface area contributed by atoms with Crippen molar-refractivity contribution in [1.29, 1.82) is 0 Å². The van der Waals surface area contributed by atoms with Gasteiger partial charge in [0.25, 0.3) is 0 Å². The van der Waals surface area contributed by atoms with Gasteiger partial charge < -0.3 is 5.32 Å². The predicted molar refractivity (Wildman–Crippen MR) is 104 cm³/mol. The summed E-state index contributed by atoms with van der Waals surface area (Å²) in [6, 6.07) is 14.1. The first kappa shape index (κ1) is 18.3. The Kier molecular flexibility index (Phi) is 5.52. The van der Waals surface area contributed by atoms with Crippen LogP contribution in [-0.2, 0) is 4.79 Å². The molecule has 0 aliphatic rings. The SMILES string of the molecule is CC(C)NC(=O)C(C)Sc1nnc(-c2ccc(F)cc2)c2ccccc12. The molecule has 2 aromatic carbocycles. The van der Waals surface area contributed by atoms with Crippen molar-refractivity contribution in [3.8, 4) is 11.3 Å². The van der Waals surface area contributed by atoms with Crippen LogP contribution < -0.4 is 5.32 Å². The first-order chi connectivity index (χ1) is 12.5. The van der Waals surface area contributed by atoms with Crippen LogP contribution in [0.25, 0.3) is 22.0 Å². The molecule has 1 aromatic heterocycles. The Labute approximate surface area is 156 Å². The van der Waals surface area contributed by atoms with Gasteiger partial charge in [-0.05, 0) is 45.0 Å². The number of rotatable bonds is 5. The van der Waals surface area contributed by atoms with Crippen LogP contribution in [0.3, 0.4) is 0 Å². The zero-order chi connectivity index (χ0) is 18.7. The van der Waals surface area contributed by atoms with Gasteiger partial charge >= 0.3 is 0 Å². The maximum atomic E-state index is 13.2. The van der Waals surface area contributed by atoms with Crippen LogP contribution in [0.2, 0.25) is 0 Å². The van der Waals surface area contributed by atoms with Gasteiger partial charge in [-0.15, -0.1) is 10.2 Å². The van der Waals surface area contributed by atoms with Crippen LogP contribution >= 0.6 is 11.8 Å². The molecule has 0 aliphatic heterocycles. The molecule has 3 aromatic rings. The number of amides is 1. The van der Waals surface area contributed by atoms with E-state index in [2.05, 4.69) is 15.5 Å². The summed E-state index contributed by atoms with van der Waals surface area (Å²) in [5.41, 5.74) is 1.50. The summed E-state index contributed by atoms with van der Waals surface area (Å²) in [7, 11) is 0. The van der Waals surface area contributed by atoms with E-state index in [4.69, 9.17) is 0 Å². The number of nitrogens with zero attached hydrogens (tertiary/aromatic N) is 2. The molecule has 3 rings (SSSR count). The number of thioether (sulfide) groups is 1. The van der Waals surface area contributed by atoms with Gasteiger partial charge in [0.15, 0.2) is 0 Å². The highest BCUT2D eigenvalue weighted by Crippen LogP contribution is 2.33. The van der Waals surface area contributed by atoms with E-state index in [1.165, 1.54) is 23.9 Å². The molecule has 0 bridgehead atoms. The summed E-state index contributed by atoms with van der Waals surface area (Å²) in [4.78, 5) is 12.2. The normalized spacial score (nSPS) is 12.3. The number of fused-ring (bicyclic) bond motifs is 1. The molecule has 0 radical (unpaired) electrons. The second kappa shape index (κ2) is 7.83. The molecule has 1 amide bonds. The monoisotopic (exact) mass is 369 g/mol. The van der Waals surface area contributed by atoms with Gasteiger partial charge in [-0.25, -0.2) is 4.39 Å². The molecule has 1 N–H and O–H groups in total. The molecule has 4 nitrogen and oxygen atoms in total. The zero-order valence-corrected chi connectivity index (χ0v) is 15.7. The largest absolute Gasteiger partial charge is 0.353 e. The summed E-state index contributed by atoms with van der Waals surface area (Å²) in [6.07, 6.45) is 0. The van der Waals surface area contributed by atoms with Crippen molar-refractivity contribution in [3.63, 3.8) is 0 Å².